The summed E-state index contributed by atoms with van der Waals surface area (Å²) in [7, 11) is 1.66. The quantitative estimate of drug-likeness (QED) is 0.838. The molecule has 1 aliphatic rings. The summed E-state index contributed by atoms with van der Waals surface area (Å²) >= 11 is 0. The van der Waals surface area contributed by atoms with Gasteiger partial charge in [0.2, 0.25) is 0 Å². The van der Waals surface area contributed by atoms with Crippen LogP contribution < -0.4 is 14.8 Å². The van der Waals surface area contributed by atoms with Crippen LogP contribution in [0.2, 0.25) is 0 Å². The van der Waals surface area contributed by atoms with Crippen molar-refractivity contribution in [2.75, 3.05) is 20.3 Å². The van der Waals surface area contributed by atoms with Gasteiger partial charge in [0.15, 0.2) is 0 Å². The first-order valence-electron chi connectivity index (χ1n) is 7.76. The van der Waals surface area contributed by atoms with E-state index in [2.05, 4.69) is 24.2 Å². The van der Waals surface area contributed by atoms with Gasteiger partial charge in [0, 0.05) is 12.1 Å². The van der Waals surface area contributed by atoms with Crippen molar-refractivity contribution in [3.05, 3.63) is 23.8 Å². The van der Waals surface area contributed by atoms with Crippen molar-refractivity contribution in [2.45, 2.75) is 39.7 Å². The fraction of sp³-hybridized carbons (Fsp3) is 0.588. The number of nitrogens with one attached hydrogen (secondary N) is 1. The highest BCUT2D eigenvalue weighted by Gasteiger charge is 2.21. The molecule has 1 atom stereocenters. The highest BCUT2D eigenvalue weighted by molar-refractivity contribution is 6.02. The van der Waals surface area contributed by atoms with E-state index >= 15 is 0 Å². The molecule has 1 unspecified atom stereocenters. The van der Waals surface area contributed by atoms with Crippen LogP contribution in [0.25, 0.3) is 0 Å². The number of hydrogen-bond acceptors (Lipinski definition) is 4. The Morgan fingerprint density at radius 2 is 2.19 bits per heavy atom. The number of benzene rings is 1. The summed E-state index contributed by atoms with van der Waals surface area (Å²) < 4.78 is 11.0. The standard InChI is InChI=1S/C17H26N2O2/c1-5-21-16-10-14(20-4)8-9-15(16)17-18-11-13(19-17)7-6-12(2)3/h8-10,12-13H,5-7,11H2,1-4H3,(H,18,19). The molecule has 0 spiro atoms. The van der Waals surface area contributed by atoms with E-state index in [-0.39, 0.29) is 0 Å². The largest absolute Gasteiger partial charge is 0.497 e. The molecule has 0 saturated carbocycles. The Balaban J connectivity index is 2.08. The van der Waals surface area contributed by atoms with E-state index in [1.54, 1.807) is 7.11 Å². The van der Waals surface area contributed by atoms with Gasteiger partial charge in [-0.3, -0.25) is 4.99 Å². The van der Waals surface area contributed by atoms with Gasteiger partial charge in [-0.05, 0) is 37.8 Å². The molecule has 1 N–H and O–H groups in total. The van der Waals surface area contributed by atoms with Gasteiger partial charge in [-0.25, -0.2) is 0 Å². The predicted octanol–water partition coefficient (Wildman–Crippen LogP) is 3.25. The third kappa shape index (κ3) is 4.13. The Morgan fingerprint density at radius 1 is 1.38 bits per heavy atom. The summed E-state index contributed by atoms with van der Waals surface area (Å²) in [5.74, 6) is 3.30. The molecule has 0 saturated heterocycles. The van der Waals surface area contributed by atoms with Crippen LogP contribution in [0, 0.1) is 5.92 Å². The zero-order valence-electron chi connectivity index (χ0n) is 13.5. The van der Waals surface area contributed by atoms with Gasteiger partial charge >= 0.3 is 0 Å². The first kappa shape index (κ1) is 15.7. The molecule has 116 valence electrons. The molecule has 0 radical (unpaired) electrons. The first-order chi connectivity index (χ1) is 10.1. The third-order valence-corrected chi connectivity index (χ3v) is 3.65. The number of hydrogen-bond donors (Lipinski definition) is 1. The monoisotopic (exact) mass is 290 g/mol. The summed E-state index contributed by atoms with van der Waals surface area (Å²) in [6.07, 6.45) is 2.38. The van der Waals surface area contributed by atoms with Crippen molar-refractivity contribution in [1.29, 1.82) is 0 Å². The second-order valence-corrected chi connectivity index (χ2v) is 5.80. The maximum atomic E-state index is 5.72. The second kappa shape index (κ2) is 7.34. The number of nitrogens with zero attached hydrogens (tertiary/aromatic N) is 1. The molecule has 21 heavy (non-hydrogen) atoms. The molecule has 0 bridgehead atoms. The van der Waals surface area contributed by atoms with Crippen LogP contribution in [-0.2, 0) is 0 Å². The van der Waals surface area contributed by atoms with Crippen LogP contribution in [0.5, 0.6) is 11.5 Å². The van der Waals surface area contributed by atoms with Crippen LogP contribution in [0.3, 0.4) is 0 Å². The van der Waals surface area contributed by atoms with Gasteiger partial charge in [0.1, 0.15) is 17.3 Å². The van der Waals surface area contributed by atoms with E-state index in [0.717, 1.165) is 41.8 Å². The average Bonchev–Trinajstić information content (AvgIpc) is 2.94. The third-order valence-electron chi connectivity index (χ3n) is 3.65. The normalized spacial score (nSPS) is 17.6. The van der Waals surface area contributed by atoms with Gasteiger partial charge in [-0.2, -0.15) is 0 Å². The summed E-state index contributed by atoms with van der Waals surface area (Å²) in [5, 5.41) is 3.53. The summed E-state index contributed by atoms with van der Waals surface area (Å²) in [5.41, 5.74) is 1.02. The van der Waals surface area contributed by atoms with E-state index in [0.29, 0.717) is 12.6 Å². The fourth-order valence-electron chi connectivity index (χ4n) is 2.45. The van der Waals surface area contributed by atoms with E-state index in [1.165, 1.54) is 6.42 Å². The van der Waals surface area contributed by atoms with Gasteiger partial charge in [0.05, 0.1) is 25.8 Å². The Bertz CT molecular complexity index is 498. The topological polar surface area (TPSA) is 42.9 Å². The van der Waals surface area contributed by atoms with Gasteiger partial charge in [-0.1, -0.05) is 13.8 Å². The second-order valence-electron chi connectivity index (χ2n) is 5.80. The molecule has 1 heterocycles. The van der Waals surface area contributed by atoms with Crippen LogP contribution in [0.15, 0.2) is 23.2 Å². The van der Waals surface area contributed by atoms with Crippen molar-refractivity contribution in [2.24, 2.45) is 10.9 Å². The van der Waals surface area contributed by atoms with Crippen molar-refractivity contribution in [3.63, 3.8) is 0 Å². The minimum Gasteiger partial charge on any atom is -0.497 e. The molecule has 4 heteroatoms. The van der Waals surface area contributed by atoms with E-state index in [1.807, 2.05) is 25.1 Å². The average molecular weight is 290 g/mol. The highest BCUT2D eigenvalue weighted by Crippen LogP contribution is 2.26. The lowest BCUT2D eigenvalue weighted by Gasteiger charge is -2.15. The highest BCUT2D eigenvalue weighted by atomic mass is 16.5. The molecule has 1 aliphatic heterocycles. The Kier molecular flexibility index (Phi) is 5.48. The molecule has 0 aromatic heterocycles. The predicted molar refractivity (Wildman–Crippen MR) is 86.6 cm³/mol. The van der Waals surface area contributed by atoms with Gasteiger partial charge in [-0.15, -0.1) is 0 Å². The molecular weight excluding hydrogens is 264 g/mol. The van der Waals surface area contributed by atoms with E-state index in [4.69, 9.17) is 9.47 Å². The Hall–Kier alpha value is -1.71. The van der Waals surface area contributed by atoms with Crippen molar-refractivity contribution in [1.82, 2.24) is 5.32 Å². The van der Waals surface area contributed by atoms with E-state index < -0.39 is 0 Å². The minimum absolute atomic E-state index is 0.443. The summed E-state index contributed by atoms with van der Waals surface area (Å²) in [6.45, 7) is 7.98. The smallest absolute Gasteiger partial charge is 0.133 e. The number of rotatable bonds is 7. The fourth-order valence-corrected chi connectivity index (χ4v) is 2.45. The molecule has 1 aromatic rings. The Labute approximate surface area is 127 Å². The number of methoxy groups -OCH3 is 1. The van der Waals surface area contributed by atoms with Crippen LogP contribution >= 0.6 is 0 Å². The van der Waals surface area contributed by atoms with Crippen LogP contribution in [0.1, 0.15) is 39.2 Å². The lowest BCUT2D eigenvalue weighted by atomic mass is 10.0. The number of aliphatic imine (C=N–C) groups is 1. The zero-order chi connectivity index (χ0) is 15.2. The molecule has 0 fully saturated rings. The van der Waals surface area contributed by atoms with Crippen molar-refractivity contribution in [3.8, 4) is 11.5 Å². The maximum Gasteiger partial charge on any atom is 0.133 e. The zero-order valence-corrected chi connectivity index (χ0v) is 13.5. The van der Waals surface area contributed by atoms with Crippen molar-refractivity contribution >= 4 is 5.84 Å². The van der Waals surface area contributed by atoms with Gasteiger partial charge < -0.3 is 14.8 Å². The number of amidine groups is 1. The van der Waals surface area contributed by atoms with Crippen LogP contribution in [0.4, 0.5) is 0 Å². The molecule has 2 rings (SSSR count). The Morgan fingerprint density at radius 3 is 2.86 bits per heavy atom. The molecular formula is C17H26N2O2. The summed E-state index contributed by atoms with van der Waals surface area (Å²) in [4.78, 5) is 4.65. The minimum atomic E-state index is 0.443. The van der Waals surface area contributed by atoms with Gasteiger partial charge in [0.25, 0.3) is 0 Å². The molecule has 0 aliphatic carbocycles. The van der Waals surface area contributed by atoms with E-state index in [9.17, 15) is 0 Å². The molecule has 1 aromatic carbocycles. The van der Waals surface area contributed by atoms with Crippen LogP contribution in [-0.4, -0.2) is 32.1 Å². The van der Waals surface area contributed by atoms with Crippen molar-refractivity contribution < 1.29 is 9.47 Å². The SMILES string of the molecule is CCOc1cc(OC)ccc1C1=NCC(CCC(C)C)N1. The maximum absolute atomic E-state index is 5.72. The lowest BCUT2D eigenvalue weighted by molar-refractivity contribution is 0.335. The first-order valence-corrected chi connectivity index (χ1v) is 7.76. The molecule has 0 amide bonds. The lowest BCUT2D eigenvalue weighted by Crippen LogP contribution is -2.31. The summed E-state index contributed by atoms with van der Waals surface area (Å²) in [6, 6.07) is 6.33. The molecule has 4 nitrogen and oxygen atoms in total. The number of ether oxygens (including phenoxy) is 2.